The lowest BCUT2D eigenvalue weighted by Gasteiger charge is -2.29. The van der Waals surface area contributed by atoms with E-state index in [0.717, 1.165) is 0 Å². The number of hydrogen-bond acceptors (Lipinski definition) is 14. The largest absolute Gasteiger partial charge is 0.480 e. The van der Waals surface area contributed by atoms with Gasteiger partial charge in [-0.05, 0) is 13.8 Å². The van der Waals surface area contributed by atoms with Crippen LogP contribution >= 0.6 is 0 Å². The van der Waals surface area contributed by atoms with E-state index in [1.807, 2.05) is 13.8 Å². The van der Waals surface area contributed by atoms with Crippen molar-refractivity contribution in [2.45, 2.75) is 20.0 Å². The second kappa shape index (κ2) is 22.6. The van der Waals surface area contributed by atoms with Gasteiger partial charge >= 0.3 is 11.9 Å². The summed E-state index contributed by atoms with van der Waals surface area (Å²) in [7, 11) is 0. The Morgan fingerprint density at radius 2 is 1.05 bits per heavy atom. The molecule has 0 fully saturated rings. The van der Waals surface area contributed by atoms with E-state index in [2.05, 4.69) is 10.1 Å². The first-order valence-corrected chi connectivity index (χ1v) is 12.0. The predicted octanol–water partition coefficient (Wildman–Crippen LogP) is -2.75. The van der Waals surface area contributed by atoms with Crippen molar-refractivity contribution in [3.05, 3.63) is 0 Å². The number of ether oxygens (including phenoxy) is 4. The van der Waals surface area contributed by atoms with Crippen molar-refractivity contribution in [1.29, 1.82) is 0 Å². The van der Waals surface area contributed by atoms with E-state index in [1.165, 1.54) is 4.90 Å². The highest BCUT2D eigenvalue weighted by Crippen LogP contribution is 1.99. The van der Waals surface area contributed by atoms with E-state index < -0.39 is 18.5 Å². The van der Waals surface area contributed by atoms with Crippen molar-refractivity contribution in [3.63, 3.8) is 0 Å². The van der Waals surface area contributed by atoms with E-state index in [4.69, 9.17) is 19.3 Å². The molecule has 1 amide bonds. The molecule has 0 aromatic carbocycles. The first kappa shape index (κ1) is 35.6. The Morgan fingerprint density at radius 1 is 0.667 bits per heavy atom. The van der Waals surface area contributed by atoms with Crippen LogP contribution in [-0.4, -0.2) is 159 Å². The second-order valence-corrected chi connectivity index (χ2v) is 8.42. The summed E-state index contributed by atoms with van der Waals surface area (Å²) in [5, 5.41) is 20.9. The molecule has 0 aromatic rings. The lowest BCUT2D eigenvalue weighted by atomic mass is 10.3. The number of hydrogen-bond donors (Lipinski definition) is 3. The standard InChI is InChI=1S/C22H39N5O12/c1-19(2)39-12-23-20(31)9-26(14-37-17-29)8-6-25(13-36-16-28)5-3-24(10-21(32)33)4-7-27(11-22(34)35)15-38-18-30/h16-19H,3-15H2,1-2H3,(H,23,31)(H,32,33)(H,34,35). The van der Waals surface area contributed by atoms with Crippen molar-refractivity contribution in [3.8, 4) is 0 Å². The van der Waals surface area contributed by atoms with Crippen molar-refractivity contribution < 1.29 is 57.9 Å². The normalized spacial score (nSPS) is 11.2. The van der Waals surface area contributed by atoms with Crippen molar-refractivity contribution in [2.24, 2.45) is 0 Å². The van der Waals surface area contributed by atoms with Gasteiger partial charge in [0.05, 0.1) is 25.7 Å². The number of carboxylic acids is 2. The number of carbonyl (C=O) groups is 6. The van der Waals surface area contributed by atoms with Crippen molar-refractivity contribution >= 4 is 37.3 Å². The molecule has 3 N–H and O–H groups in total. The Labute approximate surface area is 226 Å². The maximum absolute atomic E-state index is 12.2. The third-order valence-electron chi connectivity index (χ3n) is 4.94. The van der Waals surface area contributed by atoms with Gasteiger partial charge in [0.1, 0.15) is 26.9 Å². The minimum atomic E-state index is -1.14. The summed E-state index contributed by atoms with van der Waals surface area (Å²) in [5.74, 6) is -2.61. The molecule has 0 unspecified atom stereocenters. The average molecular weight is 566 g/mol. The van der Waals surface area contributed by atoms with Gasteiger partial charge < -0.3 is 34.5 Å². The second-order valence-electron chi connectivity index (χ2n) is 8.42. The summed E-state index contributed by atoms with van der Waals surface area (Å²) in [6, 6.07) is 0. The summed E-state index contributed by atoms with van der Waals surface area (Å²) in [4.78, 5) is 72.6. The number of amides is 1. The number of carboxylic acid groups (broad SMARTS) is 2. The SMILES string of the molecule is CC(C)OCNC(=O)CN(CCN(CCN(CCN(COC=O)CC(=O)O)CC(=O)O)COC=O)COC=O. The minimum Gasteiger partial charge on any atom is -0.480 e. The van der Waals surface area contributed by atoms with Gasteiger partial charge in [-0.25, -0.2) is 0 Å². The minimum absolute atomic E-state index is 0.0166. The third-order valence-corrected chi connectivity index (χ3v) is 4.94. The van der Waals surface area contributed by atoms with Crippen molar-refractivity contribution in [2.75, 3.05) is 85.8 Å². The topological polar surface area (TPSA) is 205 Å². The van der Waals surface area contributed by atoms with Crippen LogP contribution in [0.1, 0.15) is 13.8 Å². The van der Waals surface area contributed by atoms with E-state index in [0.29, 0.717) is 0 Å². The van der Waals surface area contributed by atoms with Crippen LogP contribution < -0.4 is 5.32 Å². The van der Waals surface area contributed by atoms with Crippen LogP contribution in [0.15, 0.2) is 0 Å². The van der Waals surface area contributed by atoms with Crippen LogP contribution in [0.2, 0.25) is 0 Å². The van der Waals surface area contributed by atoms with Gasteiger partial charge in [0.25, 0.3) is 19.4 Å². The van der Waals surface area contributed by atoms with Crippen LogP contribution in [0.3, 0.4) is 0 Å². The summed E-state index contributed by atoms with van der Waals surface area (Å²) in [5.41, 5.74) is 0. The quantitative estimate of drug-likeness (QED) is 0.0524. The van der Waals surface area contributed by atoms with Gasteiger partial charge in [-0.15, -0.1) is 0 Å². The predicted molar refractivity (Wildman–Crippen MR) is 132 cm³/mol. The molecular formula is C22H39N5O12. The molecule has 0 rings (SSSR count). The molecule has 0 atom stereocenters. The summed E-state index contributed by atoms with van der Waals surface area (Å²) in [6.45, 7) is 4.06. The van der Waals surface area contributed by atoms with Crippen LogP contribution in [0, 0.1) is 0 Å². The lowest BCUT2D eigenvalue weighted by molar-refractivity contribution is -0.144. The zero-order valence-corrected chi connectivity index (χ0v) is 22.3. The van der Waals surface area contributed by atoms with E-state index in [-0.39, 0.29) is 111 Å². The zero-order valence-electron chi connectivity index (χ0n) is 22.3. The van der Waals surface area contributed by atoms with E-state index in [9.17, 15) is 33.9 Å². The Bertz CT molecular complexity index is 742. The highest BCUT2D eigenvalue weighted by Gasteiger charge is 2.18. The van der Waals surface area contributed by atoms with Gasteiger partial charge in [-0.3, -0.25) is 48.4 Å². The van der Waals surface area contributed by atoms with Crippen LogP contribution in [0.25, 0.3) is 0 Å². The number of rotatable bonds is 27. The first-order valence-electron chi connectivity index (χ1n) is 12.0. The molecule has 0 bridgehead atoms. The van der Waals surface area contributed by atoms with Gasteiger partial charge in [0.15, 0.2) is 0 Å². The molecule has 17 nitrogen and oxygen atoms in total. The Morgan fingerprint density at radius 3 is 1.49 bits per heavy atom. The van der Waals surface area contributed by atoms with E-state index in [1.54, 1.807) is 14.7 Å². The molecule has 0 aromatic heterocycles. The molecule has 0 saturated heterocycles. The number of aliphatic carboxylic acids is 2. The van der Waals surface area contributed by atoms with Crippen LogP contribution in [0.5, 0.6) is 0 Å². The fourth-order valence-electron chi connectivity index (χ4n) is 3.08. The maximum atomic E-state index is 12.2. The van der Waals surface area contributed by atoms with Gasteiger partial charge in [-0.2, -0.15) is 0 Å². The fourth-order valence-corrected chi connectivity index (χ4v) is 3.08. The molecule has 224 valence electrons. The highest BCUT2D eigenvalue weighted by molar-refractivity contribution is 5.77. The number of carbonyl (C=O) groups excluding carboxylic acids is 4. The fraction of sp³-hybridized carbons (Fsp3) is 0.727. The highest BCUT2D eigenvalue weighted by atomic mass is 16.5. The maximum Gasteiger partial charge on any atom is 0.317 e. The summed E-state index contributed by atoms with van der Waals surface area (Å²) < 4.78 is 19.5. The van der Waals surface area contributed by atoms with Crippen LogP contribution in [0.4, 0.5) is 0 Å². The van der Waals surface area contributed by atoms with Gasteiger partial charge in [0, 0.05) is 39.3 Å². The van der Waals surface area contributed by atoms with Gasteiger partial charge in [0.2, 0.25) is 5.91 Å². The molecule has 0 aliphatic heterocycles. The molecule has 0 aliphatic rings. The molecule has 0 aliphatic carbocycles. The third kappa shape index (κ3) is 21.3. The Hall–Kier alpha value is -3.38. The Balaban J connectivity index is 5.11. The molecular weight excluding hydrogens is 526 g/mol. The van der Waals surface area contributed by atoms with Crippen molar-refractivity contribution in [1.82, 2.24) is 24.9 Å². The summed E-state index contributed by atoms with van der Waals surface area (Å²) >= 11 is 0. The average Bonchev–Trinajstić information content (AvgIpc) is 2.86. The smallest absolute Gasteiger partial charge is 0.317 e. The van der Waals surface area contributed by atoms with Crippen LogP contribution in [-0.2, 0) is 47.7 Å². The monoisotopic (exact) mass is 565 g/mol. The molecule has 0 saturated carbocycles. The number of nitrogens with zero attached hydrogens (tertiary/aromatic N) is 4. The number of nitrogens with one attached hydrogen (secondary N) is 1. The van der Waals surface area contributed by atoms with E-state index >= 15 is 0 Å². The summed E-state index contributed by atoms with van der Waals surface area (Å²) in [6.07, 6.45) is -0.0724. The molecule has 0 radical (unpaired) electrons. The zero-order chi connectivity index (χ0) is 29.5. The Kier molecular flexibility index (Phi) is 20.6. The molecule has 39 heavy (non-hydrogen) atoms. The molecule has 0 heterocycles. The first-order chi connectivity index (χ1) is 18.6. The van der Waals surface area contributed by atoms with Gasteiger partial charge in [-0.1, -0.05) is 0 Å². The molecule has 0 spiro atoms. The lowest BCUT2D eigenvalue weighted by Crippen LogP contribution is -2.46. The molecule has 17 heteroatoms.